The molecule has 1 fully saturated rings. The first kappa shape index (κ1) is 13.2. The molecule has 1 heterocycles. The maximum atomic E-state index is 10.3. The minimum absolute atomic E-state index is 0.290. The van der Waals surface area contributed by atoms with Crippen molar-refractivity contribution >= 4 is 15.9 Å². The third-order valence-electron chi connectivity index (χ3n) is 3.85. The molecule has 5 heteroatoms. The Balaban J connectivity index is 1.61. The topological polar surface area (TPSA) is 50.7 Å². The van der Waals surface area contributed by atoms with E-state index in [1.54, 1.807) is 0 Å². The molecule has 3 rings (SSSR count). The zero-order chi connectivity index (χ0) is 13.3. The van der Waals surface area contributed by atoms with Gasteiger partial charge in [-0.2, -0.15) is 0 Å². The van der Waals surface area contributed by atoms with Crippen molar-refractivity contribution < 1.29 is 14.6 Å². The number of hydrogen-bond acceptors (Lipinski definition) is 4. The van der Waals surface area contributed by atoms with Crippen LogP contribution in [0.3, 0.4) is 0 Å². The van der Waals surface area contributed by atoms with Gasteiger partial charge in [-0.1, -0.05) is 28.8 Å². The molecule has 4 nitrogen and oxygen atoms in total. The molecule has 0 saturated heterocycles. The van der Waals surface area contributed by atoms with Crippen molar-refractivity contribution in [1.82, 2.24) is 5.32 Å². The Hall–Kier alpha value is -0.780. The fraction of sp³-hybridized carbons (Fsp3) is 0.571. The lowest BCUT2D eigenvalue weighted by Crippen LogP contribution is -2.37. The summed E-state index contributed by atoms with van der Waals surface area (Å²) in [5.41, 5.74) is 0.605. The van der Waals surface area contributed by atoms with E-state index < -0.39 is 5.60 Å². The van der Waals surface area contributed by atoms with E-state index in [-0.39, 0.29) is 0 Å². The minimum atomic E-state index is -0.511. The normalized spacial score (nSPS) is 19.9. The molecule has 2 N–H and O–H groups in total. The van der Waals surface area contributed by atoms with Crippen LogP contribution in [0.25, 0.3) is 0 Å². The highest BCUT2D eigenvalue weighted by atomic mass is 79.9. The van der Waals surface area contributed by atoms with Crippen LogP contribution in [-0.2, 0) is 6.54 Å². The summed E-state index contributed by atoms with van der Waals surface area (Å²) in [5.74, 6) is 1.57. The van der Waals surface area contributed by atoms with Crippen molar-refractivity contribution in [2.45, 2.75) is 37.8 Å². The summed E-state index contributed by atoms with van der Waals surface area (Å²) in [6.45, 7) is 1.64. The van der Waals surface area contributed by atoms with E-state index in [0.717, 1.165) is 47.2 Å². The molecule has 0 radical (unpaired) electrons. The minimum Gasteiger partial charge on any atom is -0.454 e. The number of nitrogens with one attached hydrogen (secondary N) is 1. The van der Waals surface area contributed by atoms with Gasteiger partial charge in [-0.15, -0.1) is 0 Å². The van der Waals surface area contributed by atoms with Gasteiger partial charge in [0.2, 0.25) is 6.79 Å². The molecule has 0 atom stereocenters. The van der Waals surface area contributed by atoms with E-state index in [9.17, 15) is 5.11 Å². The second-order valence-electron chi connectivity index (χ2n) is 5.33. The van der Waals surface area contributed by atoms with Crippen molar-refractivity contribution in [3.63, 3.8) is 0 Å². The predicted octanol–water partition coefficient (Wildman–Crippen LogP) is 2.57. The molecule has 0 amide bonds. The first-order chi connectivity index (χ1) is 9.16. The largest absolute Gasteiger partial charge is 0.454 e. The van der Waals surface area contributed by atoms with Gasteiger partial charge in [-0.3, -0.25) is 0 Å². The van der Waals surface area contributed by atoms with Crippen molar-refractivity contribution in [3.05, 3.63) is 22.2 Å². The summed E-state index contributed by atoms with van der Waals surface area (Å²) in [4.78, 5) is 0. The number of benzene rings is 1. The second-order valence-corrected chi connectivity index (χ2v) is 6.19. The third-order valence-corrected chi connectivity index (χ3v) is 4.58. The highest BCUT2D eigenvalue weighted by molar-refractivity contribution is 9.10. The van der Waals surface area contributed by atoms with Crippen LogP contribution in [0.1, 0.15) is 31.2 Å². The highest BCUT2D eigenvalue weighted by Crippen LogP contribution is 2.37. The number of hydrogen-bond donors (Lipinski definition) is 2. The van der Waals surface area contributed by atoms with Crippen molar-refractivity contribution in [1.29, 1.82) is 0 Å². The SMILES string of the molecule is OC1(CNCc2cc3c(cc2Br)OCO3)CCCC1. The van der Waals surface area contributed by atoms with Crippen LogP contribution in [0.15, 0.2) is 16.6 Å². The molecule has 1 aliphatic carbocycles. The first-order valence-corrected chi connectivity index (χ1v) is 7.47. The molecule has 0 spiro atoms. The van der Waals surface area contributed by atoms with Crippen LogP contribution in [0.5, 0.6) is 11.5 Å². The first-order valence-electron chi connectivity index (χ1n) is 6.67. The van der Waals surface area contributed by atoms with E-state index in [4.69, 9.17) is 9.47 Å². The molecular weight excluding hydrogens is 310 g/mol. The summed E-state index contributed by atoms with van der Waals surface area (Å²) in [6.07, 6.45) is 4.07. The summed E-state index contributed by atoms with van der Waals surface area (Å²) in [7, 11) is 0. The molecule has 1 saturated carbocycles. The molecule has 0 bridgehead atoms. The lowest BCUT2D eigenvalue weighted by atomic mass is 10.0. The standard InChI is InChI=1S/C14H18BrNO3/c15-11-6-13-12(18-9-19-13)5-10(11)7-16-8-14(17)3-1-2-4-14/h5-6,16-17H,1-4,7-9H2. The van der Waals surface area contributed by atoms with Gasteiger partial charge < -0.3 is 19.9 Å². The average molecular weight is 328 g/mol. The summed E-state index contributed by atoms with van der Waals surface area (Å²) in [5, 5.41) is 13.6. The Morgan fingerprint density at radius 1 is 1.21 bits per heavy atom. The van der Waals surface area contributed by atoms with Crippen LogP contribution in [0.2, 0.25) is 0 Å². The van der Waals surface area contributed by atoms with Crippen LogP contribution < -0.4 is 14.8 Å². The number of aliphatic hydroxyl groups is 1. The quantitative estimate of drug-likeness (QED) is 0.892. The zero-order valence-electron chi connectivity index (χ0n) is 10.7. The fourth-order valence-corrected chi connectivity index (χ4v) is 3.20. The summed E-state index contributed by atoms with van der Waals surface area (Å²) in [6, 6.07) is 3.92. The van der Waals surface area contributed by atoms with Crippen molar-refractivity contribution in [2.24, 2.45) is 0 Å². The van der Waals surface area contributed by atoms with Gasteiger partial charge in [0.1, 0.15) is 0 Å². The molecule has 0 aromatic heterocycles. The second kappa shape index (κ2) is 5.31. The molecule has 1 aliphatic heterocycles. The van der Waals surface area contributed by atoms with Crippen LogP contribution in [-0.4, -0.2) is 24.0 Å². The van der Waals surface area contributed by atoms with Gasteiger partial charge in [0.15, 0.2) is 11.5 Å². The average Bonchev–Trinajstić information content (AvgIpc) is 2.98. The van der Waals surface area contributed by atoms with Crippen LogP contribution in [0.4, 0.5) is 0 Å². The summed E-state index contributed by atoms with van der Waals surface area (Å²) < 4.78 is 11.7. The lowest BCUT2D eigenvalue weighted by Gasteiger charge is -2.22. The molecule has 2 aliphatic rings. The van der Waals surface area contributed by atoms with Gasteiger partial charge in [0.05, 0.1) is 5.60 Å². The molecule has 1 aromatic carbocycles. The molecule has 104 valence electrons. The van der Waals surface area contributed by atoms with Gasteiger partial charge in [-0.25, -0.2) is 0 Å². The maximum Gasteiger partial charge on any atom is 0.231 e. The zero-order valence-corrected chi connectivity index (χ0v) is 12.3. The van der Waals surface area contributed by atoms with E-state index in [0.29, 0.717) is 19.9 Å². The Morgan fingerprint density at radius 2 is 1.89 bits per heavy atom. The summed E-state index contributed by atoms with van der Waals surface area (Å²) >= 11 is 3.54. The Kier molecular flexibility index (Phi) is 3.69. The third kappa shape index (κ3) is 2.88. The smallest absolute Gasteiger partial charge is 0.231 e. The molecule has 19 heavy (non-hydrogen) atoms. The van der Waals surface area contributed by atoms with Crippen LogP contribution >= 0.6 is 15.9 Å². The van der Waals surface area contributed by atoms with Crippen molar-refractivity contribution in [3.8, 4) is 11.5 Å². The van der Waals surface area contributed by atoms with E-state index in [1.807, 2.05) is 12.1 Å². The van der Waals surface area contributed by atoms with Crippen LogP contribution in [0, 0.1) is 0 Å². The Morgan fingerprint density at radius 3 is 2.63 bits per heavy atom. The van der Waals surface area contributed by atoms with Gasteiger partial charge >= 0.3 is 0 Å². The highest BCUT2D eigenvalue weighted by Gasteiger charge is 2.30. The molecule has 0 unspecified atom stereocenters. The fourth-order valence-electron chi connectivity index (χ4n) is 2.73. The lowest BCUT2D eigenvalue weighted by molar-refractivity contribution is 0.0474. The number of fused-ring (bicyclic) bond motifs is 1. The monoisotopic (exact) mass is 327 g/mol. The predicted molar refractivity (Wildman–Crippen MR) is 75.4 cm³/mol. The Bertz CT molecular complexity index is 472. The van der Waals surface area contributed by atoms with Gasteiger partial charge in [-0.05, 0) is 30.5 Å². The molecule has 1 aromatic rings. The molecular formula is C14H18BrNO3. The van der Waals surface area contributed by atoms with Crippen molar-refractivity contribution in [2.75, 3.05) is 13.3 Å². The van der Waals surface area contributed by atoms with Gasteiger partial charge in [0.25, 0.3) is 0 Å². The van der Waals surface area contributed by atoms with E-state index in [1.165, 1.54) is 0 Å². The number of halogens is 1. The van der Waals surface area contributed by atoms with Gasteiger partial charge in [0, 0.05) is 17.6 Å². The van der Waals surface area contributed by atoms with E-state index >= 15 is 0 Å². The maximum absolute atomic E-state index is 10.3. The van der Waals surface area contributed by atoms with E-state index in [2.05, 4.69) is 21.2 Å². The number of ether oxygens (including phenoxy) is 2. The number of rotatable bonds is 4. The Labute approximate surface area is 121 Å².